The summed E-state index contributed by atoms with van der Waals surface area (Å²) < 4.78 is 2.17. The van der Waals surface area contributed by atoms with Crippen molar-refractivity contribution in [2.24, 2.45) is 7.05 Å². The first-order valence-corrected chi connectivity index (χ1v) is 6.85. The summed E-state index contributed by atoms with van der Waals surface area (Å²) in [6.07, 6.45) is 9.57. The molecule has 0 N–H and O–H groups in total. The summed E-state index contributed by atoms with van der Waals surface area (Å²) >= 11 is 0. The molecule has 92 valence electrons. The van der Waals surface area contributed by atoms with Crippen LogP contribution in [-0.4, -0.2) is 0 Å². The van der Waals surface area contributed by atoms with Crippen molar-refractivity contribution in [3.8, 4) is 0 Å². The highest BCUT2D eigenvalue weighted by Gasteiger charge is 2.22. The number of nitrogens with zero attached hydrogens (tertiary/aromatic N) is 1. The summed E-state index contributed by atoms with van der Waals surface area (Å²) in [5.74, 6) is 0.706. The first-order chi connectivity index (χ1) is 8.83. The Morgan fingerprint density at radius 2 is 2.00 bits per heavy atom. The number of benzene rings is 1. The van der Waals surface area contributed by atoms with Crippen LogP contribution in [0.15, 0.2) is 48.8 Å². The standard InChI is InChI=1S/C17H20N/c1-18-11-10-17-15(8-5-9-16(17)13-18)12-14-6-3-2-4-7-14/h2-4,6-7,10-11,13,15H,5,8-9,12H2,1H3/q+1. The minimum Gasteiger partial charge on any atom is -0.208 e. The monoisotopic (exact) mass is 238 g/mol. The molecular weight excluding hydrogens is 218 g/mol. The zero-order chi connectivity index (χ0) is 12.4. The van der Waals surface area contributed by atoms with E-state index in [0.29, 0.717) is 5.92 Å². The molecule has 0 fully saturated rings. The fraction of sp³-hybridized carbons (Fsp3) is 0.353. The molecule has 1 unspecified atom stereocenters. The van der Waals surface area contributed by atoms with Gasteiger partial charge in [-0.05, 0) is 42.7 Å². The van der Waals surface area contributed by atoms with E-state index in [1.807, 2.05) is 0 Å². The molecule has 1 heteroatoms. The summed E-state index contributed by atoms with van der Waals surface area (Å²) in [5.41, 5.74) is 4.58. The predicted octanol–water partition coefficient (Wildman–Crippen LogP) is 3.17. The van der Waals surface area contributed by atoms with E-state index in [9.17, 15) is 0 Å². The maximum absolute atomic E-state index is 2.32. The zero-order valence-corrected chi connectivity index (χ0v) is 11.0. The van der Waals surface area contributed by atoms with Gasteiger partial charge in [-0.2, -0.15) is 0 Å². The second-order valence-electron chi connectivity index (χ2n) is 5.37. The summed E-state index contributed by atoms with van der Waals surface area (Å²) in [6, 6.07) is 13.2. The largest absolute Gasteiger partial charge is 0.208 e. The van der Waals surface area contributed by atoms with E-state index in [4.69, 9.17) is 0 Å². The summed E-state index contributed by atoms with van der Waals surface area (Å²) in [4.78, 5) is 0. The van der Waals surface area contributed by atoms with Crippen LogP contribution < -0.4 is 4.57 Å². The Morgan fingerprint density at radius 1 is 1.17 bits per heavy atom. The number of pyridine rings is 1. The van der Waals surface area contributed by atoms with Crippen molar-refractivity contribution in [2.75, 3.05) is 0 Å². The van der Waals surface area contributed by atoms with Crippen LogP contribution in [0, 0.1) is 0 Å². The van der Waals surface area contributed by atoms with Gasteiger partial charge in [0.05, 0.1) is 0 Å². The third kappa shape index (κ3) is 2.31. The molecular formula is C17H20N+. The number of aryl methyl sites for hydroxylation is 2. The van der Waals surface area contributed by atoms with Gasteiger partial charge in [0.2, 0.25) is 0 Å². The summed E-state index contributed by atoms with van der Waals surface area (Å²) in [7, 11) is 2.11. The molecule has 0 amide bonds. The quantitative estimate of drug-likeness (QED) is 0.708. The zero-order valence-electron chi connectivity index (χ0n) is 11.0. The number of fused-ring (bicyclic) bond motifs is 1. The second kappa shape index (κ2) is 4.93. The van der Waals surface area contributed by atoms with E-state index >= 15 is 0 Å². The van der Waals surface area contributed by atoms with E-state index in [2.05, 4.69) is 60.4 Å². The van der Waals surface area contributed by atoms with Crippen molar-refractivity contribution in [1.29, 1.82) is 0 Å². The van der Waals surface area contributed by atoms with Gasteiger partial charge in [0.1, 0.15) is 7.05 Å². The Morgan fingerprint density at radius 3 is 2.83 bits per heavy atom. The number of hydrogen-bond donors (Lipinski definition) is 0. The molecule has 0 radical (unpaired) electrons. The van der Waals surface area contributed by atoms with E-state index < -0.39 is 0 Å². The molecule has 0 spiro atoms. The third-order valence-electron chi connectivity index (χ3n) is 3.98. The summed E-state index contributed by atoms with van der Waals surface area (Å²) in [5, 5.41) is 0. The van der Waals surface area contributed by atoms with Crippen molar-refractivity contribution in [3.63, 3.8) is 0 Å². The van der Waals surface area contributed by atoms with Crippen molar-refractivity contribution < 1.29 is 4.57 Å². The molecule has 2 aromatic rings. The van der Waals surface area contributed by atoms with Gasteiger partial charge in [-0.25, -0.2) is 4.57 Å². The Labute approximate surface area is 109 Å². The highest BCUT2D eigenvalue weighted by atomic mass is 14.9. The first kappa shape index (κ1) is 11.5. The molecule has 0 saturated heterocycles. The lowest BCUT2D eigenvalue weighted by Crippen LogP contribution is -2.29. The van der Waals surface area contributed by atoms with Gasteiger partial charge >= 0.3 is 0 Å². The topological polar surface area (TPSA) is 3.88 Å². The van der Waals surface area contributed by atoms with Crippen LogP contribution >= 0.6 is 0 Å². The number of rotatable bonds is 2. The predicted molar refractivity (Wildman–Crippen MR) is 73.4 cm³/mol. The molecule has 0 saturated carbocycles. The van der Waals surface area contributed by atoms with Crippen LogP contribution in [0.25, 0.3) is 0 Å². The lowest BCUT2D eigenvalue weighted by atomic mass is 9.80. The summed E-state index contributed by atoms with van der Waals surface area (Å²) in [6.45, 7) is 0. The molecule has 1 aliphatic carbocycles. The molecule has 0 aliphatic heterocycles. The molecule has 1 aromatic carbocycles. The van der Waals surface area contributed by atoms with Crippen molar-refractivity contribution in [1.82, 2.24) is 0 Å². The number of aromatic nitrogens is 1. The van der Waals surface area contributed by atoms with Gasteiger partial charge in [-0.15, -0.1) is 0 Å². The van der Waals surface area contributed by atoms with Gasteiger partial charge in [0.15, 0.2) is 12.4 Å². The van der Waals surface area contributed by atoms with Crippen LogP contribution in [0.2, 0.25) is 0 Å². The lowest BCUT2D eigenvalue weighted by Gasteiger charge is -2.24. The van der Waals surface area contributed by atoms with Gasteiger partial charge in [-0.3, -0.25) is 0 Å². The smallest absolute Gasteiger partial charge is 0.171 e. The average Bonchev–Trinajstić information content (AvgIpc) is 2.40. The lowest BCUT2D eigenvalue weighted by molar-refractivity contribution is -0.672. The SMILES string of the molecule is C[n+]1ccc2c(c1)CCCC2Cc1ccccc1. The van der Waals surface area contributed by atoms with Crippen LogP contribution in [0.3, 0.4) is 0 Å². The molecule has 3 rings (SSSR count). The van der Waals surface area contributed by atoms with Crippen molar-refractivity contribution in [3.05, 3.63) is 65.5 Å². The van der Waals surface area contributed by atoms with Crippen LogP contribution in [-0.2, 0) is 19.9 Å². The molecule has 1 aromatic heterocycles. The van der Waals surface area contributed by atoms with E-state index in [0.717, 1.165) is 0 Å². The fourth-order valence-electron chi connectivity index (χ4n) is 3.08. The Hall–Kier alpha value is -1.63. The van der Waals surface area contributed by atoms with E-state index in [-0.39, 0.29) is 0 Å². The fourth-order valence-corrected chi connectivity index (χ4v) is 3.08. The van der Waals surface area contributed by atoms with Gasteiger partial charge in [0.25, 0.3) is 0 Å². The van der Waals surface area contributed by atoms with Crippen LogP contribution in [0.4, 0.5) is 0 Å². The van der Waals surface area contributed by atoms with Crippen LogP contribution in [0.1, 0.15) is 35.4 Å². The highest BCUT2D eigenvalue weighted by molar-refractivity contribution is 5.30. The first-order valence-electron chi connectivity index (χ1n) is 6.85. The second-order valence-corrected chi connectivity index (χ2v) is 5.37. The molecule has 1 heterocycles. The minimum atomic E-state index is 0.706. The van der Waals surface area contributed by atoms with Crippen LogP contribution in [0.5, 0.6) is 0 Å². The van der Waals surface area contributed by atoms with E-state index in [1.165, 1.54) is 31.2 Å². The van der Waals surface area contributed by atoms with Gasteiger partial charge in [-0.1, -0.05) is 30.3 Å². The maximum atomic E-state index is 2.32. The van der Waals surface area contributed by atoms with Gasteiger partial charge < -0.3 is 0 Å². The minimum absolute atomic E-state index is 0.706. The third-order valence-corrected chi connectivity index (χ3v) is 3.98. The Kier molecular flexibility index (Phi) is 3.14. The molecule has 1 aliphatic rings. The Bertz CT molecular complexity index is 531. The normalized spacial score (nSPS) is 18.4. The average molecular weight is 238 g/mol. The van der Waals surface area contributed by atoms with Gasteiger partial charge in [0, 0.05) is 11.6 Å². The maximum Gasteiger partial charge on any atom is 0.171 e. The van der Waals surface area contributed by atoms with Crippen molar-refractivity contribution >= 4 is 0 Å². The Balaban J connectivity index is 1.87. The van der Waals surface area contributed by atoms with Crippen molar-refractivity contribution in [2.45, 2.75) is 31.6 Å². The van der Waals surface area contributed by atoms with E-state index in [1.54, 1.807) is 11.1 Å². The highest BCUT2D eigenvalue weighted by Crippen LogP contribution is 2.33. The number of hydrogen-bond acceptors (Lipinski definition) is 0. The molecule has 18 heavy (non-hydrogen) atoms. The molecule has 1 atom stereocenters. The molecule has 1 nitrogen and oxygen atoms in total. The molecule has 0 bridgehead atoms.